The molecule has 2 atom stereocenters. The van der Waals surface area contributed by atoms with Gasteiger partial charge in [0.1, 0.15) is 5.75 Å². The standard InChI is InChI=1S/C24H21ClN2O3/c1-28-22-9-5-7-18(23(22)29-2)24-27-20(17-6-3-4-8-21(17)30-24)14-19(26-27)15-10-12-16(25)13-11-15/h3-13,20,24H,14H2,1-2H3. The van der Waals surface area contributed by atoms with Crippen molar-refractivity contribution < 1.29 is 14.2 Å². The van der Waals surface area contributed by atoms with Crippen LogP contribution in [0.25, 0.3) is 0 Å². The highest BCUT2D eigenvalue weighted by atomic mass is 35.5. The van der Waals surface area contributed by atoms with Gasteiger partial charge >= 0.3 is 0 Å². The number of para-hydroxylation sites is 2. The quantitative estimate of drug-likeness (QED) is 0.551. The monoisotopic (exact) mass is 420 g/mol. The van der Waals surface area contributed by atoms with Crippen LogP contribution in [-0.4, -0.2) is 24.9 Å². The lowest BCUT2D eigenvalue weighted by Gasteiger charge is -2.38. The number of methoxy groups -OCH3 is 2. The van der Waals surface area contributed by atoms with E-state index in [-0.39, 0.29) is 6.04 Å². The minimum Gasteiger partial charge on any atom is -0.493 e. The Labute approximate surface area is 180 Å². The van der Waals surface area contributed by atoms with Gasteiger partial charge in [0.05, 0.1) is 31.5 Å². The second-order valence-corrected chi connectivity index (χ2v) is 7.68. The molecule has 5 nitrogen and oxygen atoms in total. The summed E-state index contributed by atoms with van der Waals surface area (Å²) < 4.78 is 17.6. The Morgan fingerprint density at radius 2 is 1.70 bits per heavy atom. The minimum atomic E-state index is -0.431. The highest BCUT2D eigenvalue weighted by molar-refractivity contribution is 6.30. The summed E-state index contributed by atoms with van der Waals surface area (Å²) in [7, 11) is 3.27. The van der Waals surface area contributed by atoms with Crippen LogP contribution in [0.5, 0.6) is 17.2 Å². The van der Waals surface area contributed by atoms with Crippen LogP contribution >= 0.6 is 11.6 Å². The first-order chi connectivity index (χ1) is 14.7. The molecule has 2 aliphatic heterocycles. The SMILES string of the molecule is COc1cccc(C2Oc3ccccc3C3CC(c4ccc(Cl)cc4)=NN32)c1OC. The van der Waals surface area contributed by atoms with Crippen molar-refractivity contribution in [1.82, 2.24) is 5.01 Å². The molecule has 5 rings (SSSR count). The Morgan fingerprint density at radius 3 is 2.47 bits per heavy atom. The molecular formula is C24H21ClN2O3. The number of benzene rings is 3. The number of nitrogens with zero attached hydrogens (tertiary/aromatic N) is 2. The molecule has 2 heterocycles. The number of fused-ring (bicyclic) bond motifs is 3. The largest absolute Gasteiger partial charge is 0.493 e. The van der Waals surface area contributed by atoms with Crippen molar-refractivity contribution in [2.45, 2.75) is 18.7 Å². The van der Waals surface area contributed by atoms with Gasteiger partial charge in [-0.25, -0.2) is 5.01 Å². The van der Waals surface area contributed by atoms with E-state index in [9.17, 15) is 0 Å². The van der Waals surface area contributed by atoms with Gasteiger partial charge in [0, 0.05) is 17.0 Å². The first-order valence-corrected chi connectivity index (χ1v) is 10.2. The molecule has 30 heavy (non-hydrogen) atoms. The van der Waals surface area contributed by atoms with Crippen LogP contribution in [0.15, 0.2) is 71.8 Å². The summed E-state index contributed by atoms with van der Waals surface area (Å²) in [6.07, 6.45) is 0.352. The molecule has 2 aliphatic rings. The highest BCUT2D eigenvalue weighted by Crippen LogP contribution is 2.49. The van der Waals surface area contributed by atoms with Gasteiger partial charge < -0.3 is 14.2 Å². The third kappa shape index (κ3) is 3.06. The first-order valence-electron chi connectivity index (χ1n) is 9.78. The van der Waals surface area contributed by atoms with Crippen LogP contribution in [0.4, 0.5) is 0 Å². The molecule has 0 saturated carbocycles. The number of rotatable bonds is 4. The van der Waals surface area contributed by atoms with E-state index in [2.05, 4.69) is 6.07 Å². The molecule has 0 N–H and O–H groups in total. The smallest absolute Gasteiger partial charge is 0.217 e. The van der Waals surface area contributed by atoms with E-state index in [4.69, 9.17) is 30.9 Å². The molecule has 0 aromatic heterocycles. The van der Waals surface area contributed by atoms with E-state index in [1.54, 1.807) is 14.2 Å². The van der Waals surface area contributed by atoms with E-state index >= 15 is 0 Å². The lowest BCUT2D eigenvalue weighted by molar-refractivity contribution is -0.0205. The topological polar surface area (TPSA) is 43.3 Å². The van der Waals surface area contributed by atoms with Crippen LogP contribution in [0, 0.1) is 0 Å². The summed E-state index contributed by atoms with van der Waals surface area (Å²) in [6.45, 7) is 0. The highest BCUT2D eigenvalue weighted by Gasteiger charge is 2.42. The zero-order chi connectivity index (χ0) is 20.7. The fourth-order valence-corrected chi connectivity index (χ4v) is 4.29. The average molecular weight is 421 g/mol. The van der Waals surface area contributed by atoms with Crippen LogP contribution < -0.4 is 14.2 Å². The van der Waals surface area contributed by atoms with Crippen molar-refractivity contribution in [2.75, 3.05) is 14.2 Å². The van der Waals surface area contributed by atoms with Crippen molar-refractivity contribution in [1.29, 1.82) is 0 Å². The molecule has 0 radical (unpaired) electrons. The molecular weight excluding hydrogens is 400 g/mol. The van der Waals surface area contributed by atoms with E-state index in [0.29, 0.717) is 16.5 Å². The molecule has 0 fully saturated rings. The number of halogens is 1. The van der Waals surface area contributed by atoms with Crippen LogP contribution in [0.3, 0.4) is 0 Å². The van der Waals surface area contributed by atoms with Gasteiger partial charge in [-0.1, -0.05) is 48.0 Å². The molecule has 0 spiro atoms. The molecule has 6 heteroatoms. The summed E-state index contributed by atoms with van der Waals surface area (Å²) in [6, 6.07) is 21.8. The fraction of sp³-hybridized carbons (Fsp3) is 0.208. The van der Waals surface area contributed by atoms with Crippen molar-refractivity contribution in [3.8, 4) is 17.2 Å². The molecule has 0 saturated heterocycles. The predicted molar refractivity (Wildman–Crippen MR) is 117 cm³/mol. The molecule has 3 aromatic rings. The van der Waals surface area contributed by atoms with Gasteiger partial charge in [-0.2, -0.15) is 5.10 Å². The van der Waals surface area contributed by atoms with Crippen LogP contribution in [0.1, 0.15) is 35.4 Å². The normalized spacial score (nSPS) is 19.4. The van der Waals surface area contributed by atoms with Crippen molar-refractivity contribution >= 4 is 17.3 Å². The maximum Gasteiger partial charge on any atom is 0.217 e. The van der Waals surface area contributed by atoms with Gasteiger partial charge in [0.2, 0.25) is 6.23 Å². The maximum absolute atomic E-state index is 6.44. The average Bonchev–Trinajstić information content (AvgIpc) is 3.24. The van der Waals surface area contributed by atoms with Crippen LogP contribution in [-0.2, 0) is 0 Å². The van der Waals surface area contributed by atoms with Gasteiger partial charge in [-0.15, -0.1) is 0 Å². The maximum atomic E-state index is 6.44. The summed E-state index contributed by atoms with van der Waals surface area (Å²) in [5.74, 6) is 2.18. The Morgan fingerprint density at radius 1 is 0.933 bits per heavy atom. The van der Waals surface area contributed by atoms with Crippen molar-refractivity contribution in [2.24, 2.45) is 5.10 Å². The van der Waals surface area contributed by atoms with Gasteiger partial charge in [0.15, 0.2) is 11.5 Å². The third-order valence-corrected chi connectivity index (χ3v) is 5.83. The minimum absolute atomic E-state index is 0.0709. The number of hydrazone groups is 1. The third-order valence-electron chi connectivity index (χ3n) is 5.58. The van der Waals surface area contributed by atoms with Gasteiger partial charge in [0.25, 0.3) is 0 Å². The second kappa shape index (κ2) is 7.58. The van der Waals surface area contributed by atoms with E-state index in [1.807, 2.05) is 65.7 Å². The van der Waals surface area contributed by atoms with Crippen LogP contribution in [0.2, 0.25) is 5.02 Å². The van der Waals surface area contributed by atoms with Crippen molar-refractivity contribution in [3.63, 3.8) is 0 Å². The number of ether oxygens (including phenoxy) is 3. The Kier molecular flexibility index (Phi) is 4.75. The Hall–Kier alpha value is -3.18. The zero-order valence-corrected chi connectivity index (χ0v) is 17.5. The van der Waals surface area contributed by atoms with E-state index < -0.39 is 6.23 Å². The predicted octanol–water partition coefficient (Wildman–Crippen LogP) is 5.60. The summed E-state index contributed by atoms with van der Waals surface area (Å²) in [5.41, 5.74) is 4.06. The lowest BCUT2D eigenvalue weighted by Crippen LogP contribution is -2.34. The molecule has 0 aliphatic carbocycles. The molecule has 2 unspecified atom stereocenters. The molecule has 152 valence electrons. The Bertz CT molecular complexity index is 1110. The number of hydrogen-bond acceptors (Lipinski definition) is 5. The van der Waals surface area contributed by atoms with E-state index in [0.717, 1.165) is 34.6 Å². The lowest BCUT2D eigenvalue weighted by atomic mass is 9.96. The van der Waals surface area contributed by atoms with E-state index in [1.165, 1.54) is 0 Å². The molecule has 0 amide bonds. The summed E-state index contributed by atoms with van der Waals surface area (Å²) in [5, 5.41) is 7.73. The fourth-order valence-electron chi connectivity index (χ4n) is 4.16. The second-order valence-electron chi connectivity index (χ2n) is 7.24. The first kappa shape index (κ1) is 18.8. The molecule has 0 bridgehead atoms. The van der Waals surface area contributed by atoms with Gasteiger partial charge in [-0.05, 0) is 35.9 Å². The summed E-state index contributed by atoms with van der Waals surface area (Å²) >= 11 is 6.08. The number of hydrogen-bond donors (Lipinski definition) is 0. The zero-order valence-electron chi connectivity index (χ0n) is 16.7. The van der Waals surface area contributed by atoms with Gasteiger partial charge in [-0.3, -0.25) is 0 Å². The Balaban J connectivity index is 1.62. The van der Waals surface area contributed by atoms with Crippen molar-refractivity contribution in [3.05, 3.63) is 88.4 Å². The summed E-state index contributed by atoms with van der Waals surface area (Å²) in [4.78, 5) is 0. The molecule has 3 aromatic carbocycles.